The third-order valence-corrected chi connectivity index (χ3v) is 5.24. The average molecular weight is 383 g/mol. The first-order valence-electron chi connectivity index (χ1n) is 9.59. The summed E-state index contributed by atoms with van der Waals surface area (Å²) in [6.07, 6.45) is 1.09. The normalized spacial score (nSPS) is 17.0. The molecule has 0 saturated carbocycles. The number of amides is 2. The Morgan fingerprint density at radius 1 is 1.18 bits per heavy atom. The van der Waals surface area contributed by atoms with E-state index in [1.54, 1.807) is 24.0 Å². The van der Waals surface area contributed by atoms with Gasteiger partial charge in [0.2, 0.25) is 11.8 Å². The van der Waals surface area contributed by atoms with Crippen LogP contribution in [0.5, 0.6) is 0 Å². The van der Waals surface area contributed by atoms with Crippen molar-refractivity contribution in [3.05, 3.63) is 71.0 Å². The van der Waals surface area contributed by atoms with E-state index >= 15 is 0 Å². The van der Waals surface area contributed by atoms with Gasteiger partial charge in [0.15, 0.2) is 0 Å². The van der Waals surface area contributed by atoms with E-state index in [0.717, 1.165) is 16.7 Å². The largest absolute Gasteiger partial charge is 0.354 e. The second-order valence-electron chi connectivity index (χ2n) is 7.26. The summed E-state index contributed by atoms with van der Waals surface area (Å²) in [4.78, 5) is 27.3. The molecule has 28 heavy (non-hydrogen) atoms. The molecule has 5 nitrogen and oxygen atoms in total. The first-order chi connectivity index (χ1) is 13.5. The molecule has 2 unspecified atom stereocenters. The van der Waals surface area contributed by atoms with E-state index in [-0.39, 0.29) is 30.1 Å². The van der Waals surface area contributed by atoms with E-state index < -0.39 is 6.04 Å². The lowest BCUT2D eigenvalue weighted by Crippen LogP contribution is -2.54. The number of benzene rings is 2. The van der Waals surface area contributed by atoms with Crippen molar-refractivity contribution >= 4 is 11.8 Å². The third-order valence-electron chi connectivity index (χ3n) is 5.24. The van der Waals surface area contributed by atoms with Gasteiger partial charge in [-0.05, 0) is 35.2 Å². The first kappa shape index (κ1) is 20.0. The number of carbonyl (C=O) groups is 2. The minimum Gasteiger partial charge on any atom is -0.354 e. The predicted molar refractivity (Wildman–Crippen MR) is 106 cm³/mol. The number of hydrogen-bond donors (Lipinski definition) is 2. The highest BCUT2D eigenvalue weighted by Crippen LogP contribution is 2.25. The smallest absolute Gasteiger partial charge is 0.243 e. The molecule has 2 atom stereocenters. The van der Waals surface area contributed by atoms with Gasteiger partial charge >= 0.3 is 0 Å². The molecule has 1 aliphatic rings. The second-order valence-corrected chi connectivity index (χ2v) is 7.26. The van der Waals surface area contributed by atoms with Gasteiger partial charge in [-0.15, -0.1) is 0 Å². The molecule has 6 heteroatoms. The monoisotopic (exact) mass is 383 g/mol. The quantitative estimate of drug-likeness (QED) is 0.802. The highest BCUT2D eigenvalue weighted by Gasteiger charge is 2.35. The SMILES string of the molecule is CC(CN)C(=O)N1Cc2ccccc2CC1C(=O)NCCc1ccc(F)cc1. The van der Waals surface area contributed by atoms with Crippen LogP contribution in [0.25, 0.3) is 0 Å². The molecular weight excluding hydrogens is 357 g/mol. The van der Waals surface area contributed by atoms with Crippen LogP contribution in [0.15, 0.2) is 48.5 Å². The van der Waals surface area contributed by atoms with Crippen LogP contribution in [-0.2, 0) is 29.0 Å². The van der Waals surface area contributed by atoms with Crippen molar-refractivity contribution in [3.63, 3.8) is 0 Å². The van der Waals surface area contributed by atoms with Crippen LogP contribution >= 0.6 is 0 Å². The number of hydrogen-bond acceptors (Lipinski definition) is 3. The van der Waals surface area contributed by atoms with Crippen molar-refractivity contribution in [2.45, 2.75) is 32.4 Å². The maximum absolute atomic E-state index is 13.0. The van der Waals surface area contributed by atoms with E-state index in [4.69, 9.17) is 5.73 Å². The van der Waals surface area contributed by atoms with Crippen LogP contribution in [0.2, 0.25) is 0 Å². The number of rotatable bonds is 6. The average Bonchev–Trinajstić information content (AvgIpc) is 2.73. The van der Waals surface area contributed by atoms with Gasteiger partial charge in [0.25, 0.3) is 0 Å². The summed E-state index contributed by atoms with van der Waals surface area (Å²) in [5.74, 6) is -0.888. The number of halogens is 1. The minimum atomic E-state index is -0.551. The summed E-state index contributed by atoms with van der Waals surface area (Å²) in [5, 5.41) is 2.93. The van der Waals surface area contributed by atoms with Gasteiger partial charge in [0.1, 0.15) is 11.9 Å². The molecule has 1 aliphatic heterocycles. The maximum atomic E-state index is 13.0. The molecule has 3 rings (SSSR count). The number of fused-ring (bicyclic) bond motifs is 1. The zero-order valence-corrected chi connectivity index (χ0v) is 16.0. The van der Waals surface area contributed by atoms with Crippen molar-refractivity contribution in [2.24, 2.45) is 11.7 Å². The van der Waals surface area contributed by atoms with E-state index in [1.165, 1.54) is 12.1 Å². The zero-order chi connectivity index (χ0) is 20.1. The molecule has 3 N–H and O–H groups in total. The summed E-state index contributed by atoms with van der Waals surface area (Å²) >= 11 is 0. The van der Waals surface area contributed by atoms with E-state index in [9.17, 15) is 14.0 Å². The van der Waals surface area contributed by atoms with Gasteiger partial charge in [-0.2, -0.15) is 0 Å². The Morgan fingerprint density at radius 3 is 2.54 bits per heavy atom. The van der Waals surface area contributed by atoms with Gasteiger partial charge < -0.3 is 16.0 Å². The molecule has 148 valence electrons. The van der Waals surface area contributed by atoms with Crippen molar-refractivity contribution in [2.75, 3.05) is 13.1 Å². The zero-order valence-electron chi connectivity index (χ0n) is 16.0. The van der Waals surface area contributed by atoms with E-state index in [2.05, 4.69) is 5.32 Å². The molecule has 0 saturated heterocycles. The fourth-order valence-corrected chi connectivity index (χ4v) is 3.47. The Balaban J connectivity index is 1.69. The van der Waals surface area contributed by atoms with Crippen LogP contribution in [0.4, 0.5) is 4.39 Å². The summed E-state index contributed by atoms with van der Waals surface area (Å²) in [6, 6.07) is 13.6. The lowest BCUT2D eigenvalue weighted by Gasteiger charge is -2.37. The van der Waals surface area contributed by atoms with E-state index in [0.29, 0.717) is 25.9 Å². The van der Waals surface area contributed by atoms with Crippen LogP contribution in [0, 0.1) is 11.7 Å². The van der Waals surface area contributed by atoms with Gasteiger partial charge in [0, 0.05) is 32.0 Å². The highest BCUT2D eigenvalue weighted by molar-refractivity contribution is 5.89. The summed E-state index contributed by atoms with van der Waals surface area (Å²) < 4.78 is 13.0. The minimum absolute atomic E-state index is 0.101. The van der Waals surface area contributed by atoms with Gasteiger partial charge in [-0.3, -0.25) is 9.59 Å². The standard InChI is InChI=1S/C22H26FN3O2/c1-15(13-24)22(28)26-14-18-5-3-2-4-17(18)12-20(26)21(27)25-11-10-16-6-8-19(23)9-7-16/h2-9,15,20H,10-14,24H2,1H3,(H,25,27). The van der Waals surface area contributed by atoms with E-state index in [1.807, 2.05) is 24.3 Å². The van der Waals surface area contributed by atoms with Crippen LogP contribution in [0.3, 0.4) is 0 Å². The number of carbonyl (C=O) groups excluding carboxylic acids is 2. The molecule has 0 fully saturated rings. The van der Waals surface area contributed by atoms with Gasteiger partial charge in [-0.25, -0.2) is 4.39 Å². The maximum Gasteiger partial charge on any atom is 0.243 e. The summed E-state index contributed by atoms with van der Waals surface area (Å²) in [6.45, 7) is 2.87. The molecule has 2 amide bonds. The fourth-order valence-electron chi connectivity index (χ4n) is 3.47. The Morgan fingerprint density at radius 2 is 1.86 bits per heavy atom. The Bertz CT molecular complexity index is 838. The van der Waals surface area contributed by atoms with Crippen molar-refractivity contribution in [1.29, 1.82) is 0 Å². The fraction of sp³-hybridized carbons (Fsp3) is 0.364. The second kappa shape index (κ2) is 8.97. The van der Waals surface area contributed by atoms with Crippen LogP contribution < -0.4 is 11.1 Å². The molecule has 0 bridgehead atoms. The Labute approximate surface area is 164 Å². The van der Waals surface area contributed by atoms with Crippen LogP contribution in [-0.4, -0.2) is 35.8 Å². The van der Waals surface area contributed by atoms with Crippen molar-refractivity contribution in [1.82, 2.24) is 10.2 Å². The topological polar surface area (TPSA) is 75.4 Å². The number of nitrogens with zero attached hydrogens (tertiary/aromatic N) is 1. The lowest BCUT2D eigenvalue weighted by atomic mass is 9.92. The van der Waals surface area contributed by atoms with Crippen molar-refractivity contribution in [3.8, 4) is 0 Å². The molecule has 0 aromatic heterocycles. The van der Waals surface area contributed by atoms with Gasteiger partial charge in [-0.1, -0.05) is 43.3 Å². The predicted octanol–water partition coefficient (Wildman–Crippen LogP) is 2.03. The lowest BCUT2D eigenvalue weighted by molar-refractivity contribution is -0.144. The van der Waals surface area contributed by atoms with Crippen LogP contribution in [0.1, 0.15) is 23.6 Å². The molecule has 1 heterocycles. The van der Waals surface area contributed by atoms with Crippen molar-refractivity contribution < 1.29 is 14.0 Å². The molecule has 0 radical (unpaired) electrons. The van der Waals surface area contributed by atoms with Gasteiger partial charge in [0.05, 0.1) is 0 Å². The Kier molecular flexibility index (Phi) is 6.41. The Hall–Kier alpha value is -2.73. The molecular formula is C22H26FN3O2. The first-order valence-corrected chi connectivity index (χ1v) is 9.59. The highest BCUT2D eigenvalue weighted by atomic mass is 19.1. The third kappa shape index (κ3) is 4.57. The summed E-state index contributed by atoms with van der Waals surface area (Å²) in [7, 11) is 0. The number of nitrogens with two attached hydrogens (primary N) is 1. The molecule has 0 spiro atoms. The molecule has 0 aliphatic carbocycles. The molecule has 2 aromatic carbocycles. The number of nitrogens with one attached hydrogen (secondary N) is 1. The molecule has 2 aromatic rings. The summed E-state index contributed by atoms with van der Waals surface area (Å²) in [5.41, 5.74) is 8.77.